The van der Waals surface area contributed by atoms with Crippen LogP contribution < -0.4 is 18.9 Å². The van der Waals surface area contributed by atoms with Gasteiger partial charge < -0.3 is 23.7 Å². The molecular weight excluding hydrogens is 412 g/mol. The van der Waals surface area contributed by atoms with Crippen LogP contribution in [-0.2, 0) is 4.74 Å². The number of hydrogen-bond acceptors (Lipinski definition) is 7. The molecule has 7 nitrogen and oxygen atoms in total. The highest BCUT2D eigenvalue weighted by Gasteiger charge is 2.17. The Balaban J connectivity index is 1.55. The highest BCUT2D eigenvalue weighted by molar-refractivity contribution is 6.00. The largest absolute Gasteiger partial charge is 0.493 e. The molecule has 0 saturated heterocycles. The van der Waals surface area contributed by atoms with E-state index < -0.39 is 12.6 Å². The van der Waals surface area contributed by atoms with Gasteiger partial charge in [-0.2, -0.15) is 0 Å². The monoisotopic (exact) mass is 436 g/mol. The van der Waals surface area contributed by atoms with E-state index in [0.717, 1.165) is 5.75 Å². The summed E-state index contributed by atoms with van der Waals surface area (Å²) >= 11 is 0. The minimum Gasteiger partial charge on any atom is -0.493 e. The molecular formula is C25H24O7. The molecule has 0 fully saturated rings. The van der Waals surface area contributed by atoms with Crippen molar-refractivity contribution in [3.05, 3.63) is 83.9 Å². The molecule has 0 aliphatic heterocycles. The molecule has 0 aliphatic carbocycles. The summed E-state index contributed by atoms with van der Waals surface area (Å²) in [5, 5.41) is 0. The third-order valence-electron chi connectivity index (χ3n) is 4.50. The van der Waals surface area contributed by atoms with Crippen molar-refractivity contribution in [1.29, 1.82) is 0 Å². The Hall–Kier alpha value is -4.00. The van der Waals surface area contributed by atoms with Gasteiger partial charge in [0.15, 0.2) is 23.9 Å². The summed E-state index contributed by atoms with van der Waals surface area (Å²) in [6, 6.07) is 20.8. The standard InChI is InChI=1S/C25H24O7/c1-28-23-13-12-18(16-24(23)29-2)21(26)17-32-25(27)20-10-6-7-11-22(20)31-15-14-30-19-8-4-3-5-9-19/h3-13,16H,14-15,17H2,1-2H3. The molecule has 0 aromatic heterocycles. The Kier molecular flexibility index (Phi) is 8.09. The fraction of sp³-hybridized carbons (Fsp3) is 0.200. The summed E-state index contributed by atoms with van der Waals surface area (Å²) in [6.07, 6.45) is 0. The topological polar surface area (TPSA) is 80.3 Å². The van der Waals surface area contributed by atoms with E-state index in [1.807, 2.05) is 30.3 Å². The quantitative estimate of drug-likeness (QED) is 0.253. The van der Waals surface area contributed by atoms with Crippen LogP contribution in [0.15, 0.2) is 72.8 Å². The lowest BCUT2D eigenvalue weighted by Crippen LogP contribution is -2.16. The van der Waals surface area contributed by atoms with E-state index in [0.29, 0.717) is 29.4 Å². The summed E-state index contributed by atoms with van der Waals surface area (Å²) < 4.78 is 26.9. The zero-order valence-corrected chi connectivity index (χ0v) is 17.9. The molecule has 0 bridgehead atoms. The van der Waals surface area contributed by atoms with Crippen LogP contribution in [0, 0.1) is 0 Å². The number of methoxy groups -OCH3 is 2. The Morgan fingerprint density at radius 3 is 2.16 bits per heavy atom. The summed E-state index contributed by atoms with van der Waals surface area (Å²) in [4.78, 5) is 25.0. The van der Waals surface area contributed by atoms with Crippen LogP contribution in [0.4, 0.5) is 0 Å². The van der Waals surface area contributed by atoms with Crippen molar-refractivity contribution in [2.45, 2.75) is 0 Å². The number of para-hydroxylation sites is 2. The third kappa shape index (κ3) is 6.01. The first-order valence-electron chi connectivity index (χ1n) is 9.94. The number of hydrogen-bond donors (Lipinski definition) is 0. The Labute approximate surface area is 186 Å². The second-order valence-corrected chi connectivity index (χ2v) is 6.58. The van der Waals surface area contributed by atoms with Crippen LogP contribution in [0.5, 0.6) is 23.0 Å². The zero-order valence-electron chi connectivity index (χ0n) is 17.9. The van der Waals surface area contributed by atoms with E-state index in [1.165, 1.54) is 14.2 Å². The maximum absolute atomic E-state index is 12.5. The minimum atomic E-state index is -0.654. The highest BCUT2D eigenvalue weighted by Crippen LogP contribution is 2.28. The van der Waals surface area contributed by atoms with Crippen molar-refractivity contribution in [2.24, 2.45) is 0 Å². The van der Waals surface area contributed by atoms with E-state index in [9.17, 15) is 9.59 Å². The molecule has 0 aliphatic rings. The van der Waals surface area contributed by atoms with Gasteiger partial charge >= 0.3 is 5.97 Å². The average Bonchev–Trinajstić information content (AvgIpc) is 2.85. The van der Waals surface area contributed by atoms with Gasteiger partial charge in [-0.05, 0) is 42.5 Å². The van der Waals surface area contributed by atoms with E-state index in [1.54, 1.807) is 42.5 Å². The fourth-order valence-electron chi connectivity index (χ4n) is 2.89. The number of carbonyl (C=O) groups is 2. The molecule has 0 heterocycles. The van der Waals surface area contributed by atoms with Crippen LogP contribution >= 0.6 is 0 Å². The number of esters is 1. The van der Waals surface area contributed by atoms with E-state index in [4.69, 9.17) is 23.7 Å². The minimum absolute atomic E-state index is 0.229. The number of ether oxygens (including phenoxy) is 5. The van der Waals surface area contributed by atoms with Crippen LogP contribution in [0.3, 0.4) is 0 Å². The maximum atomic E-state index is 12.5. The smallest absolute Gasteiger partial charge is 0.342 e. The third-order valence-corrected chi connectivity index (χ3v) is 4.50. The molecule has 32 heavy (non-hydrogen) atoms. The van der Waals surface area contributed by atoms with Crippen molar-refractivity contribution in [3.8, 4) is 23.0 Å². The summed E-state index contributed by atoms with van der Waals surface area (Å²) in [6.45, 7) is 0.134. The Morgan fingerprint density at radius 2 is 1.41 bits per heavy atom. The molecule has 0 saturated carbocycles. The molecule has 0 N–H and O–H groups in total. The number of Topliss-reactive ketones (excluding diaryl/α,β-unsaturated/α-hetero) is 1. The second kappa shape index (κ2) is 11.4. The summed E-state index contributed by atoms with van der Waals surface area (Å²) in [5.74, 6) is 0.988. The van der Waals surface area contributed by atoms with Gasteiger partial charge in [0.1, 0.15) is 30.3 Å². The van der Waals surface area contributed by atoms with Gasteiger partial charge in [0.05, 0.1) is 14.2 Å². The van der Waals surface area contributed by atoms with Crippen LogP contribution in [0.1, 0.15) is 20.7 Å². The van der Waals surface area contributed by atoms with Gasteiger partial charge in [0.25, 0.3) is 0 Å². The van der Waals surface area contributed by atoms with Crippen LogP contribution in [0.25, 0.3) is 0 Å². The summed E-state index contributed by atoms with van der Waals surface area (Å²) in [7, 11) is 2.99. The molecule has 0 radical (unpaired) electrons. The lowest BCUT2D eigenvalue weighted by molar-refractivity contribution is 0.0470. The zero-order chi connectivity index (χ0) is 22.8. The van der Waals surface area contributed by atoms with Crippen molar-refractivity contribution in [1.82, 2.24) is 0 Å². The van der Waals surface area contributed by atoms with Crippen molar-refractivity contribution in [3.63, 3.8) is 0 Å². The maximum Gasteiger partial charge on any atom is 0.342 e. The molecule has 3 aromatic carbocycles. The first kappa shape index (κ1) is 22.7. The summed E-state index contributed by atoms with van der Waals surface area (Å²) in [5.41, 5.74) is 0.574. The van der Waals surface area contributed by atoms with E-state index >= 15 is 0 Å². The Morgan fingerprint density at radius 1 is 0.719 bits per heavy atom. The van der Waals surface area contributed by atoms with Crippen LogP contribution in [0.2, 0.25) is 0 Å². The van der Waals surface area contributed by atoms with Crippen molar-refractivity contribution < 1.29 is 33.3 Å². The number of ketones is 1. The second-order valence-electron chi connectivity index (χ2n) is 6.58. The molecule has 166 valence electrons. The molecule has 0 amide bonds. The fourth-order valence-corrected chi connectivity index (χ4v) is 2.89. The van der Waals surface area contributed by atoms with E-state index in [-0.39, 0.29) is 18.0 Å². The molecule has 0 spiro atoms. The van der Waals surface area contributed by atoms with Gasteiger partial charge in [0, 0.05) is 5.56 Å². The van der Waals surface area contributed by atoms with Gasteiger partial charge in [-0.25, -0.2) is 4.79 Å². The predicted octanol–water partition coefficient (Wildman–Crippen LogP) is 4.20. The van der Waals surface area contributed by atoms with E-state index in [2.05, 4.69) is 0 Å². The Bertz CT molecular complexity index is 1050. The molecule has 3 rings (SSSR count). The van der Waals surface area contributed by atoms with Gasteiger partial charge in [-0.15, -0.1) is 0 Å². The SMILES string of the molecule is COc1ccc(C(=O)COC(=O)c2ccccc2OCCOc2ccccc2)cc1OC. The first-order valence-corrected chi connectivity index (χ1v) is 9.94. The predicted molar refractivity (Wildman–Crippen MR) is 118 cm³/mol. The first-order chi connectivity index (χ1) is 15.6. The molecule has 7 heteroatoms. The lowest BCUT2D eigenvalue weighted by atomic mass is 10.1. The normalized spacial score (nSPS) is 10.2. The number of carbonyl (C=O) groups excluding carboxylic acids is 2. The van der Waals surface area contributed by atoms with Gasteiger partial charge in [-0.3, -0.25) is 4.79 Å². The number of benzene rings is 3. The lowest BCUT2D eigenvalue weighted by Gasteiger charge is -2.12. The van der Waals surface area contributed by atoms with Gasteiger partial charge in [0.2, 0.25) is 0 Å². The van der Waals surface area contributed by atoms with Crippen molar-refractivity contribution >= 4 is 11.8 Å². The van der Waals surface area contributed by atoms with Crippen LogP contribution in [-0.4, -0.2) is 45.8 Å². The molecule has 0 unspecified atom stereocenters. The average molecular weight is 436 g/mol. The molecule has 0 atom stereocenters. The highest BCUT2D eigenvalue weighted by atomic mass is 16.5. The van der Waals surface area contributed by atoms with Crippen molar-refractivity contribution in [2.75, 3.05) is 34.0 Å². The molecule has 3 aromatic rings. The van der Waals surface area contributed by atoms with Gasteiger partial charge in [-0.1, -0.05) is 30.3 Å². The number of rotatable bonds is 11.